The average Bonchev–Trinajstić information content (AvgIpc) is 3.41. The van der Waals surface area contributed by atoms with Crippen molar-refractivity contribution in [1.29, 1.82) is 0 Å². The van der Waals surface area contributed by atoms with E-state index in [1.165, 1.54) is 12.8 Å². The third-order valence-corrected chi connectivity index (χ3v) is 7.05. The minimum absolute atomic E-state index is 0.0484. The molecule has 0 radical (unpaired) electrons. The molecule has 4 aliphatic carbocycles. The van der Waals surface area contributed by atoms with Crippen LogP contribution in [0.15, 0.2) is 6.20 Å². The molecule has 4 fully saturated rings. The fourth-order valence-corrected chi connectivity index (χ4v) is 4.80. The van der Waals surface area contributed by atoms with E-state index in [9.17, 15) is 0 Å². The van der Waals surface area contributed by atoms with Crippen LogP contribution in [0, 0.1) is 5.92 Å². The van der Waals surface area contributed by atoms with Crippen LogP contribution in [0.2, 0.25) is 5.02 Å². The molecule has 7 nitrogen and oxygen atoms in total. The van der Waals surface area contributed by atoms with E-state index in [0.29, 0.717) is 16.7 Å². The largest absolute Gasteiger partial charge is 0.349 e. The van der Waals surface area contributed by atoms with Crippen LogP contribution in [0.5, 0.6) is 0 Å². The molecule has 6 rings (SSSR count). The van der Waals surface area contributed by atoms with E-state index in [2.05, 4.69) is 20.6 Å². The second-order valence-electron chi connectivity index (χ2n) is 8.81. The van der Waals surface area contributed by atoms with Gasteiger partial charge in [0.15, 0.2) is 0 Å². The van der Waals surface area contributed by atoms with Gasteiger partial charge in [-0.15, -0.1) is 5.10 Å². The zero-order chi connectivity index (χ0) is 18.6. The van der Waals surface area contributed by atoms with Crippen molar-refractivity contribution in [2.75, 3.05) is 5.32 Å². The highest BCUT2D eigenvalue weighted by Crippen LogP contribution is 2.47. The molecule has 2 heterocycles. The zero-order valence-corrected chi connectivity index (χ0v) is 16.5. The Morgan fingerprint density at radius 3 is 2.56 bits per heavy atom. The Labute approximate surface area is 164 Å². The summed E-state index contributed by atoms with van der Waals surface area (Å²) in [6.07, 6.45) is 11.6. The average molecular weight is 388 g/mol. The highest BCUT2D eigenvalue weighted by Gasteiger charge is 2.47. The van der Waals surface area contributed by atoms with Gasteiger partial charge in [-0.25, -0.2) is 9.97 Å². The first-order valence-electron chi connectivity index (χ1n) is 9.94. The molecule has 0 aliphatic heterocycles. The maximum absolute atomic E-state index is 6.46. The molecule has 2 aromatic rings. The molecule has 27 heavy (non-hydrogen) atoms. The van der Waals surface area contributed by atoms with Crippen molar-refractivity contribution in [3.63, 3.8) is 0 Å². The molecular weight excluding hydrogens is 362 g/mol. The Kier molecular flexibility index (Phi) is 3.95. The fraction of sp³-hybridized carbons (Fsp3) is 0.684. The van der Waals surface area contributed by atoms with Crippen molar-refractivity contribution in [3.8, 4) is 11.4 Å². The lowest BCUT2D eigenvalue weighted by Gasteiger charge is -2.52. The molecule has 0 aromatic carbocycles. The number of aromatic nitrogens is 5. The molecular formula is C19H26ClN7. The molecule has 2 bridgehead atoms. The summed E-state index contributed by atoms with van der Waals surface area (Å²) in [6.45, 7) is 0. The molecule has 8 heteroatoms. The summed E-state index contributed by atoms with van der Waals surface area (Å²) in [4.78, 5) is 9.22. The quantitative estimate of drug-likeness (QED) is 0.818. The third kappa shape index (κ3) is 3.21. The first kappa shape index (κ1) is 17.4. The maximum Gasteiger partial charge on any atom is 0.223 e. The Hall–Kier alpha value is -1.73. The van der Waals surface area contributed by atoms with Gasteiger partial charge >= 0.3 is 0 Å². The van der Waals surface area contributed by atoms with E-state index in [0.717, 1.165) is 62.3 Å². The van der Waals surface area contributed by atoms with E-state index in [4.69, 9.17) is 22.3 Å². The SMILES string of the molecule is Cn1nnc(-c2nc(NC34CCC(N)(CC3)CC4)ncc2Cl)c1CC1CC1. The van der Waals surface area contributed by atoms with Gasteiger partial charge < -0.3 is 11.1 Å². The van der Waals surface area contributed by atoms with Crippen molar-refractivity contribution in [1.82, 2.24) is 25.0 Å². The number of rotatable bonds is 5. The summed E-state index contributed by atoms with van der Waals surface area (Å²) in [7, 11) is 1.94. The Balaban J connectivity index is 1.44. The Bertz CT molecular complexity index is 848. The Morgan fingerprint density at radius 1 is 1.19 bits per heavy atom. The zero-order valence-electron chi connectivity index (χ0n) is 15.7. The van der Waals surface area contributed by atoms with Gasteiger partial charge in [0.25, 0.3) is 0 Å². The topological polar surface area (TPSA) is 94.5 Å². The first-order valence-corrected chi connectivity index (χ1v) is 10.3. The highest BCUT2D eigenvalue weighted by atomic mass is 35.5. The summed E-state index contributed by atoms with van der Waals surface area (Å²) in [5, 5.41) is 12.7. The Morgan fingerprint density at radius 2 is 1.89 bits per heavy atom. The summed E-state index contributed by atoms with van der Waals surface area (Å²) in [5.74, 6) is 1.36. The van der Waals surface area contributed by atoms with Crippen molar-refractivity contribution < 1.29 is 0 Å². The molecule has 0 unspecified atom stereocenters. The van der Waals surface area contributed by atoms with Crippen LogP contribution >= 0.6 is 11.6 Å². The lowest BCUT2D eigenvalue weighted by molar-refractivity contribution is 0.126. The number of anilines is 1. The smallest absolute Gasteiger partial charge is 0.223 e. The number of aryl methyl sites for hydroxylation is 1. The van der Waals surface area contributed by atoms with Gasteiger partial charge in [-0.1, -0.05) is 16.8 Å². The van der Waals surface area contributed by atoms with Gasteiger partial charge in [0.1, 0.15) is 11.4 Å². The lowest BCUT2D eigenvalue weighted by atomic mass is 9.62. The van der Waals surface area contributed by atoms with E-state index < -0.39 is 0 Å². The minimum Gasteiger partial charge on any atom is -0.349 e. The lowest BCUT2D eigenvalue weighted by Crippen LogP contribution is -2.58. The maximum atomic E-state index is 6.46. The number of nitrogens with one attached hydrogen (secondary N) is 1. The normalized spacial score (nSPS) is 29.9. The van der Waals surface area contributed by atoms with E-state index in [1.807, 2.05) is 11.7 Å². The second kappa shape index (κ2) is 6.14. The predicted molar refractivity (Wildman–Crippen MR) is 104 cm³/mol. The van der Waals surface area contributed by atoms with Gasteiger partial charge in [-0.05, 0) is 63.7 Å². The highest BCUT2D eigenvalue weighted by molar-refractivity contribution is 6.32. The summed E-state index contributed by atoms with van der Waals surface area (Å²) >= 11 is 6.46. The molecule has 2 aromatic heterocycles. The molecule has 0 amide bonds. The van der Waals surface area contributed by atoms with Crippen LogP contribution in [0.4, 0.5) is 5.95 Å². The number of fused-ring (bicyclic) bond motifs is 3. The molecule has 4 aliphatic rings. The van der Waals surface area contributed by atoms with Crippen LogP contribution in [-0.4, -0.2) is 36.0 Å². The molecule has 144 valence electrons. The van der Waals surface area contributed by atoms with Crippen LogP contribution in [0.3, 0.4) is 0 Å². The van der Waals surface area contributed by atoms with E-state index >= 15 is 0 Å². The molecule has 0 atom stereocenters. The monoisotopic (exact) mass is 387 g/mol. The van der Waals surface area contributed by atoms with Crippen LogP contribution in [-0.2, 0) is 13.5 Å². The first-order chi connectivity index (χ1) is 13.0. The van der Waals surface area contributed by atoms with Crippen molar-refractivity contribution in [2.45, 2.75) is 68.9 Å². The van der Waals surface area contributed by atoms with Crippen LogP contribution < -0.4 is 11.1 Å². The van der Waals surface area contributed by atoms with E-state index in [-0.39, 0.29) is 11.1 Å². The molecule has 0 saturated heterocycles. The summed E-state index contributed by atoms with van der Waals surface area (Å²) in [5.41, 5.74) is 9.11. The predicted octanol–water partition coefficient (Wildman–Crippen LogP) is 3.09. The van der Waals surface area contributed by atoms with Crippen LogP contribution in [0.25, 0.3) is 11.4 Å². The van der Waals surface area contributed by atoms with Crippen molar-refractivity contribution in [2.24, 2.45) is 18.7 Å². The van der Waals surface area contributed by atoms with Gasteiger partial charge in [-0.3, -0.25) is 4.68 Å². The molecule has 3 N–H and O–H groups in total. The minimum atomic E-state index is 0.0484. The molecule has 0 spiro atoms. The number of hydrogen-bond donors (Lipinski definition) is 2. The van der Waals surface area contributed by atoms with Gasteiger partial charge in [-0.2, -0.15) is 0 Å². The number of nitrogens with two attached hydrogens (primary N) is 1. The van der Waals surface area contributed by atoms with Crippen molar-refractivity contribution >= 4 is 17.5 Å². The number of halogens is 1. The summed E-state index contributed by atoms with van der Waals surface area (Å²) < 4.78 is 1.85. The van der Waals surface area contributed by atoms with E-state index in [1.54, 1.807) is 6.20 Å². The van der Waals surface area contributed by atoms with Gasteiger partial charge in [0.2, 0.25) is 5.95 Å². The van der Waals surface area contributed by atoms with Crippen LogP contribution in [0.1, 0.15) is 57.1 Å². The van der Waals surface area contributed by atoms with Gasteiger partial charge in [0.05, 0.1) is 16.9 Å². The second-order valence-corrected chi connectivity index (χ2v) is 9.22. The van der Waals surface area contributed by atoms with Crippen molar-refractivity contribution in [3.05, 3.63) is 16.9 Å². The number of nitrogens with zero attached hydrogens (tertiary/aromatic N) is 5. The van der Waals surface area contributed by atoms with Gasteiger partial charge in [0, 0.05) is 18.1 Å². The number of hydrogen-bond acceptors (Lipinski definition) is 6. The standard InChI is InChI=1S/C19H26ClN7/c1-27-14(10-12-2-3-12)16(25-26-27)15-13(20)11-22-17(23-15)24-19-7-4-18(21,5-8-19)6-9-19/h11-12H,2-10,21H2,1H3,(H,22,23,24). The third-order valence-electron chi connectivity index (χ3n) is 6.77. The summed E-state index contributed by atoms with van der Waals surface area (Å²) in [6, 6.07) is 0. The molecule has 4 saturated carbocycles. The fourth-order valence-electron chi connectivity index (χ4n) is 4.62.